The van der Waals surface area contributed by atoms with E-state index in [-0.39, 0.29) is 18.4 Å². The molecule has 0 radical (unpaired) electrons. The van der Waals surface area contributed by atoms with Crippen molar-refractivity contribution in [3.63, 3.8) is 0 Å². The van der Waals surface area contributed by atoms with E-state index in [4.69, 9.17) is 11.6 Å². The highest BCUT2D eigenvalue weighted by Gasteiger charge is 2.12. The van der Waals surface area contributed by atoms with Gasteiger partial charge in [0.15, 0.2) is 0 Å². The Kier molecular flexibility index (Phi) is 8.16. The Morgan fingerprint density at radius 3 is 2.50 bits per heavy atom. The smallest absolute Gasteiger partial charge is 0.220 e. The molecule has 5 heteroatoms. The Bertz CT molecular complexity index is 619. The summed E-state index contributed by atoms with van der Waals surface area (Å²) in [6, 6.07) is 17.6. The molecule has 0 aliphatic rings. The maximum atomic E-state index is 12.0. The largest absolute Gasteiger partial charge is 0.396 e. The molecule has 24 heavy (non-hydrogen) atoms. The number of amides is 1. The number of thioether (sulfide) groups is 1. The molecule has 0 aromatic heterocycles. The van der Waals surface area contributed by atoms with Crippen molar-refractivity contribution in [1.29, 1.82) is 0 Å². The first-order valence-electron chi connectivity index (χ1n) is 8.00. The Hall–Kier alpha value is -1.49. The van der Waals surface area contributed by atoms with Gasteiger partial charge in [0.25, 0.3) is 0 Å². The molecular weight excluding hydrogens is 342 g/mol. The molecule has 0 saturated carbocycles. The van der Waals surface area contributed by atoms with Crippen LogP contribution in [0.1, 0.15) is 24.3 Å². The van der Waals surface area contributed by atoms with Gasteiger partial charge in [-0.05, 0) is 36.2 Å². The van der Waals surface area contributed by atoms with E-state index in [0.717, 1.165) is 16.2 Å². The first-order chi connectivity index (χ1) is 11.7. The fourth-order valence-electron chi connectivity index (χ4n) is 2.39. The quantitative estimate of drug-likeness (QED) is 0.659. The average molecular weight is 364 g/mol. The Morgan fingerprint density at radius 1 is 1.12 bits per heavy atom. The summed E-state index contributed by atoms with van der Waals surface area (Å²) < 4.78 is 0. The average Bonchev–Trinajstić information content (AvgIpc) is 2.61. The van der Waals surface area contributed by atoms with Crippen molar-refractivity contribution in [3.05, 3.63) is 65.2 Å². The van der Waals surface area contributed by atoms with E-state index in [2.05, 4.69) is 5.32 Å². The van der Waals surface area contributed by atoms with E-state index in [1.165, 1.54) is 0 Å². The number of rotatable bonds is 9. The first-order valence-corrected chi connectivity index (χ1v) is 9.36. The monoisotopic (exact) mass is 363 g/mol. The van der Waals surface area contributed by atoms with Crippen LogP contribution >= 0.6 is 23.4 Å². The second-order valence-electron chi connectivity index (χ2n) is 5.48. The van der Waals surface area contributed by atoms with E-state index in [9.17, 15) is 9.90 Å². The van der Waals surface area contributed by atoms with Gasteiger partial charge >= 0.3 is 0 Å². The molecule has 3 nitrogen and oxygen atoms in total. The minimum atomic E-state index is 0.0373. The molecule has 0 spiro atoms. The van der Waals surface area contributed by atoms with Crippen LogP contribution in [0.3, 0.4) is 0 Å². The minimum Gasteiger partial charge on any atom is -0.396 e. The van der Waals surface area contributed by atoms with Gasteiger partial charge < -0.3 is 10.4 Å². The summed E-state index contributed by atoms with van der Waals surface area (Å²) in [5, 5.41) is 12.9. The Morgan fingerprint density at radius 2 is 1.83 bits per heavy atom. The van der Waals surface area contributed by atoms with Crippen molar-refractivity contribution >= 4 is 29.3 Å². The van der Waals surface area contributed by atoms with Crippen LogP contribution in [0.4, 0.5) is 0 Å². The summed E-state index contributed by atoms with van der Waals surface area (Å²) in [5.74, 6) is 0.906. The highest BCUT2D eigenvalue weighted by Crippen LogP contribution is 2.21. The van der Waals surface area contributed by atoms with Gasteiger partial charge in [-0.2, -0.15) is 0 Å². The van der Waals surface area contributed by atoms with Crippen LogP contribution in [0.15, 0.2) is 59.5 Å². The number of hydrogen-bond acceptors (Lipinski definition) is 3. The van der Waals surface area contributed by atoms with Crippen LogP contribution in [0.25, 0.3) is 0 Å². The van der Waals surface area contributed by atoms with Gasteiger partial charge in [-0.1, -0.05) is 41.9 Å². The second-order valence-corrected chi connectivity index (χ2v) is 7.08. The van der Waals surface area contributed by atoms with Crippen molar-refractivity contribution in [2.24, 2.45) is 0 Å². The van der Waals surface area contributed by atoms with Crippen LogP contribution in [0.5, 0.6) is 0 Å². The van der Waals surface area contributed by atoms with Gasteiger partial charge in [0.2, 0.25) is 5.91 Å². The molecule has 2 N–H and O–H groups in total. The standard InChI is InChI=1S/C19H22ClNO2S/c20-17-6-8-18(9-7-17)24-13-11-19(23)21-14-16(10-12-22)15-4-2-1-3-5-15/h1-9,16,22H,10-14H2,(H,21,23)/t16-/m0/s1. The van der Waals surface area contributed by atoms with E-state index in [0.29, 0.717) is 24.4 Å². The maximum absolute atomic E-state index is 12.0. The zero-order valence-corrected chi connectivity index (χ0v) is 15.0. The molecule has 2 aromatic rings. The Labute approximate surface area is 152 Å². The third-order valence-electron chi connectivity index (χ3n) is 3.71. The lowest BCUT2D eigenvalue weighted by atomic mass is 9.96. The fraction of sp³-hybridized carbons (Fsp3) is 0.316. The summed E-state index contributed by atoms with van der Waals surface area (Å²) in [4.78, 5) is 13.1. The number of carbonyl (C=O) groups is 1. The highest BCUT2D eigenvalue weighted by atomic mass is 35.5. The van der Waals surface area contributed by atoms with Crippen molar-refractivity contribution < 1.29 is 9.90 Å². The van der Waals surface area contributed by atoms with Crippen LogP contribution in [0.2, 0.25) is 5.02 Å². The molecule has 2 rings (SSSR count). The van der Waals surface area contributed by atoms with E-state index in [1.807, 2.05) is 54.6 Å². The van der Waals surface area contributed by atoms with Crippen molar-refractivity contribution in [2.75, 3.05) is 18.9 Å². The molecule has 1 atom stereocenters. The number of carbonyl (C=O) groups excluding carboxylic acids is 1. The lowest BCUT2D eigenvalue weighted by molar-refractivity contribution is -0.120. The topological polar surface area (TPSA) is 49.3 Å². The molecular formula is C19H22ClNO2S. The molecule has 0 unspecified atom stereocenters. The molecule has 1 amide bonds. The predicted molar refractivity (Wildman–Crippen MR) is 101 cm³/mol. The van der Waals surface area contributed by atoms with Crippen LogP contribution in [0, 0.1) is 0 Å². The zero-order valence-electron chi connectivity index (χ0n) is 13.5. The Balaban J connectivity index is 1.73. The van der Waals surface area contributed by atoms with E-state index < -0.39 is 0 Å². The normalized spacial score (nSPS) is 11.9. The summed E-state index contributed by atoms with van der Waals surface area (Å²) in [6.45, 7) is 0.664. The van der Waals surface area contributed by atoms with E-state index >= 15 is 0 Å². The van der Waals surface area contributed by atoms with Gasteiger partial charge in [-0.3, -0.25) is 4.79 Å². The number of aliphatic hydroxyl groups is 1. The molecule has 0 saturated heterocycles. The lowest BCUT2D eigenvalue weighted by Crippen LogP contribution is -2.29. The van der Waals surface area contributed by atoms with Crippen molar-refractivity contribution in [1.82, 2.24) is 5.32 Å². The minimum absolute atomic E-state index is 0.0373. The molecule has 0 aliphatic carbocycles. The van der Waals surface area contributed by atoms with Crippen LogP contribution in [-0.2, 0) is 4.79 Å². The molecule has 0 heterocycles. The summed E-state index contributed by atoms with van der Waals surface area (Å²) in [6.07, 6.45) is 1.11. The molecule has 0 bridgehead atoms. The molecule has 0 fully saturated rings. The lowest BCUT2D eigenvalue weighted by Gasteiger charge is -2.17. The fourth-order valence-corrected chi connectivity index (χ4v) is 3.36. The summed E-state index contributed by atoms with van der Waals surface area (Å²) in [7, 11) is 0. The number of halogens is 1. The first kappa shape index (κ1) is 18.8. The number of benzene rings is 2. The molecule has 2 aromatic carbocycles. The van der Waals surface area contributed by atoms with Crippen LogP contribution in [-0.4, -0.2) is 29.9 Å². The van der Waals surface area contributed by atoms with E-state index in [1.54, 1.807) is 11.8 Å². The van der Waals surface area contributed by atoms with Gasteiger partial charge in [-0.15, -0.1) is 11.8 Å². The maximum Gasteiger partial charge on any atom is 0.220 e. The molecule has 128 valence electrons. The number of nitrogens with one attached hydrogen (secondary N) is 1. The van der Waals surface area contributed by atoms with Gasteiger partial charge in [0, 0.05) is 41.2 Å². The summed E-state index contributed by atoms with van der Waals surface area (Å²) >= 11 is 7.49. The highest BCUT2D eigenvalue weighted by molar-refractivity contribution is 7.99. The van der Waals surface area contributed by atoms with Crippen molar-refractivity contribution in [3.8, 4) is 0 Å². The third kappa shape index (κ3) is 6.56. The summed E-state index contributed by atoms with van der Waals surface area (Å²) in [5.41, 5.74) is 1.14. The van der Waals surface area contributed by atoms with Crippen molar-refractivity contribution in [2.45, 2.75) is 23.7 Å². The van der Waals surface area contributed by atoms with Gasteiger partial charge in [-0.25, -0.2) is 0 Å². The molecule has 0 aliphatic heterocycles. The third-order valence-corrected chi connectivity index (χ3v) is 4.97. The van der Waals surface area contributed by atoms with Crippen LogP contribution < -0.4 is 5.32 Å². The number of hydrogen-bond donors (Lipinski definition) is 2. The van der Waals surface area contributed by atoms with Gasteiger partial charge in [0.05, 0.1) is 0 Å². The predicted octanol–water partition coefficient (Wildman–Crippen LogP) is 4.10. The second kappa shape index (κ2) is 10.4. The zero-order chi connectivity index (χ0) is 17.2. The SMILES string of the molecule is O=C(CCSc1ccc(Cl)cc1)NC[C@H](CCO)c1ccccc1. The van der Waals surface area contributed by atoms with Gasteiger partial charge in [0.1, 0.15) is 0 Å². The number of aliphatic hydroxyl groups excluding tert-OH is 1.